The number of amides is 1. The van der Waals surface area contributed by atoms with Crippen LogP contribution in [0.5, 0.6) is 0 Å². The number of carbonyl (C=O) groups is 1. The molecule has 1 heterocycles. The zero-order valence-electron chi connectivity index (χ0n) is 12.5. The summed E-state index contributed by atoms with van der Waals surface area (Å²) in [5.41, 5.74) is 0.681. The normalized spacial score (nSPS) is 10.9. The molecule has 21 heavy (non-hydrogen) atoms. The number of hydrogen-bond acceptors (Lipinski definition) is 4. The number of nitrogens with zero attached hydrogens (tertiary/aromatic N) is 3. The van der Waals surface area contributed by atoms with Crippen molar-refractivity contribution in [1.29, 1.82) is 0 Å². The van der Waals surface area contributed by atoms with E-state index in [2.05, 4.69) is 29.4 Å². The highest BCUT2D eigenvalue weighted by Crippen LogP contribution is 2.14. The first-order valence-electron chi connectivity index (χ1n) is 6.91. The minimum Gasteiger partial charge on any atom is -0.350 e. The van der Waals surface area contributed by atoms with Crippen molar-refractivity contribution in [3.05, 3.63) is 42.0 Å². The fraction of sp³-hybridized carbons (Fsp3) is 0.400. The van der Waals surface area contributed by atoms with Crippen molar-refractivity contribution in [3.63, 3.8) is 0 Å². The van der Waals surface area contributed by atoms with E-state index in [0.717, 1.165) is 10.7 Å². The van der Waals surface area contributed by atoms with Crippen LogP contribution in [0, 0.1) is 0 Å². The molecule has 0 bridgehead atoms. The van der Waals surface area contributed by atoms with E-state index < -0.39 is 0 Å². The van der Waals surface area contributed by atoms with Crippen molar-refractivity contribution >= 4 is 17.7 Å². The van der Waals surface area contributed by atoms with Crippen LogP contribution in [0.15, 0.2) is 35.5 Å². The molecule has 0 atom stereocenters. The molecule has 0 aliphatic rings. The summed E-state index contributed by atoms with van der Waals surface area (Å²) in [5.74, 6) is 1.21. The first kappa shape index (κ1) is 15.6. The SMILES string of the molecule is CSc1ccc(C(=O)NCCn2cnnc2C(C)C)cc1. The van der Waals surface area contributed by atoms with Crippen molar-refractivity contribution in [3.8, 4) is 0 Å². The summed E-state index contributed by atoms with van der Waals surface area (Å²) in [6.07, 6.45) is 3.72. The van der Waals surface area contributed by atoms with E-state index in [1.54, 1.807) is 18.1 Å². The molecule has 112 valence electrons. The quantitative estimate of drug-likeness (QED) is 0.833. The maximum absolute atomic E-state index is 12.0. The van der Waals surface area contributed by atoms with Crippen LogP contribution in [0.4, 0.5) is 0 Å². The van der Waals surface area contributed by atoms with Crippen LogP contribution in [0.1, 0.15) is 35.9 Å². The summed E-state index contributed by atoms with van der Waals surface area (Å²) >= 11 is 1.66. The number of hydrogen-bond donors (Lipinski definition) is 1. The predicted octanol–water partition coefficient (Wildman–Crippen LogP) is 2.55. The first-order valence-corrected chi connectivity index (χ1v) is 8.14. The van der Waals surface area contributed by atoms with Gasteiger partial charge in [-0.05, 0) is 30.5 Å². The Labute approximate surface area is 129 Å². The van der Waals surface area contributed by atoms with Gasteiger partial charge in [-0.1, -0.05) is 13.8 Å². The third kappa shape index (κ3) is 4.07. The lowest BCUT2D eigenvalue weighted by atomic mass is 10.2. The van der Waals surface area contributed by atoms with Crippen molar-refractivity contribution in [2.24, 2.45) is 0 Å². The number of carbonyl (C=O) groups excluding carboxylic acids is 1. The molecule has 1 aromatic carbocycles. The Morgan fingerprint density at radius 1 is 1.33 bits per heavy atom. The Kier molecular flexibility index (Phi) is 5.38. The molecule has 0 unspecified atom stereocenters. The molecule has 0 saturated carbocycles. The van der Waals surface area contributed by atoms with Gasteiger partial charge in [-0.3, -0.25) is 4.79 Å². The van der Waals surface area contributed by atoms with Crippen molar-refractivity contribution in [1.82, 2.24) is 20.1 Å². The Hall–Kier alpha value is -1.82. The van der Waals surface area contributed by atoms with Gasteiger partial charge in [0.25, 0.3) is 5.91 Å². The average Bonchev–Trinajstić information content (AvgIpc) is 2.96. The summed E-state index contributed by atoms with van der Waals surface area (Å²) in [4.78, 5) is 13.2. The van der Waals surface area contributed by atoms with Gasteiger partial charge < -0.3 is 9.88 Å². The Balaban J connectivity index is 1.87. The lowest BCUT2D eigenvalue weighted by Crippen LogP contribution is -2.27. The second kappa shape index (κ2) is 7.26. The number of nitrogens with one attached hydrogen (secondary N) is 1. The molecule has 1 aromatic heterocycles. The third-order valence-corrected chi connectivity index (χ3v) is 3.90. The monoisotopic (exact) mass is 304 g/mol. The smallest absolute Gasteiger partial charge is 0.251 e. The number of benzene rings is 1. The van der Waals surface area contributed by atoms with Gasteiger partial charge in [-0.15, -0.1) is 22.0 Å². The molecule has 1 amide bonds. The van der Waals surface area contributed by atoms with Gasteiger partial charge in [-0.25, -0.2) is 0 Å². The van der Waals surface area contributed by atoms with Crippen LogP contribution < -0.4 is 5.32 Å². The van der Waals surface area contributed by atoms with Crippen LogP contribution in [0.25, 0.3) is 0 Å². The molecule has 0 saturated heterocycles. The Bertz CT molecular complexity index is 592. The Morgan fingerprint density at radius 3 is 2.67 bits per heavy atom. The summed E-state index contributed by atoms with van der Waals surface area (Å²) in [7, 11) is 0. The molecule has 1 N–H and O–H groups in total. The highest BCUT2D eigenvalue weighted by Gasteiger charge is 2.09. The number of aromatic nitrogens is 3. The van der Waals surface area contributed by atoms with Crippen LogP contribution in [0.2, 0.25) is 0 Å². The number of rotatable bonds is 6. The van der Waals surface area contributed by atoms with Crippen molar-refractivity contribution in [2.75, 3.05) is 12.8 Å². The highest BCUT2D eigenvalue weighted by atomic mass is 32.2. The van der Waals surface area contributed by atoms with Crippen LogP contribution in [-0.2, 0) is 6.54 Å². The maximum Gasteiger partial charge on any atom is 0.251 e. The van der Waals surface area contributed by atoms with Gasteiger partial charge in [0.05, 0.1) is 0 Å². The van der Waals surface area contributed by atoms with E-state index in [9.17, 15) is 4.79 Å². The largest absolute Gasteiger partial charge is 0.350 e. The maximum atomic E-state index is 12.0. The molecule has 2 aromatic rings. The minimum atomic E-state index is -0.0539. The standard InChI is InChI=1S/C15H20N4OS/c1-11(2)14-18-17-10-19(14)9-8-16-15(20)12-4-6-13(21-3)7-5-12/h4-7,10-11H,8-9H2,1-3H3,(H,16,20). The van der Waals surface area contributed by atoms with E-state index in [4.69, 9.17) is 0 Å². The summed E-state index contributed by atoms with van der Waals surface area (Å²) in [5, 5.41) is 10.9. The minimum absolute atomic E-state index is 0.0539. The molecule has 0 radical (unpaired) electrons. The topological polar surface area (TPSA) is 59.8 Å². The fourth-order valence-electron chi connectivity index (χ4n) is 2.02. The van der Waals surface area contributed by atoms with Crippen molar-refractivity contribution < 1.29 is 4.79 Å². The van der Waals surface area contributed by atoms with Crippen LogP contribution in [0.3, 0.4) is 0 Å². The van der Waals surface area contributed by atoms with Gasteiger partial charge in [0, 0.05) is 29.5 Å². The van der Waals surface area contributed by atoms with E-state index >= 15 is 0 Å². The predicted molar refractivity (Wildman–Crippen MR) is 84.7 cm³/mol. The van der Waals surface area contributed by atoms with E-state index in [1.165, 1.54) is 0 Å². The van der Waals surface area contributed by atoms with E-state index in [-0.39, 0.29) is 5.91 Å². The molecule has 0 aliphatic heterocycles. The number of thioether (sulfide) groups is 1. The summed E-state index contributed by atoms with van der Waals surface area (Å²) in [6.45, 7) is 5.38. The van der Waals surface area contributed by atoms with E-state index in [1.807, 2.05) is 35.1 Å². The summed E-state index contributed by atoms with van der Waals surface area (Å²) in [6, 6.07) is 7.60. The lowest BCUT2D eigenvalue weighted by Gasteiger charge is -2.10. The molecule has 0 aliphatic carbocycles. The summed E-state index contributed by atoms with van der Waals surface area (Å²) < 4.78 is 1.97. The lowest BCUT2D eigenvalue weighted by molar-refractivity contribution is 0.0952. The van der Waals surface area contributed by atoms with Gasteiger partial charge in [0.1, 0.15) is 12.2 Å². The van der Waals surface area contributed by atoms with Gasteiger partial charge in [0.2, 0.25) is 0 Å². The molecule has 0 fully saturated rings. The molecular formula is C15H20N4OS. The van der Waals surface area contributed by atoms with Crippen LogP contribution >= 0.6 is 11.8 Å². The average molecular weight is 304 g/mol. The second-order valence-corrected chi connectivity index (χ2v) is 5.90. The van der Waals surface area contributed by atoms with Crippen LogP contribution in [-0.4, -0.2) is 33.5 Å². The zero-order chi connectivity index (χ0) is 15.2. The molecule has 2 rings (SSSR count). The molecule has 6 heteroatoms. The van der Waals surface area contributed by atoms with Gasteiger partial charge in [-0.2, -0.15) is 0 Å². The zero-order valence-corrected chi connectivity index (χ0v) is 13.4. The first-order chi connectivity index (χ1) is 10.1. The highest BCUT2D eigenvalue weighted by molar-refractivity contribution is 7.98. The van der Waals surface area contributed by atoms with Gasteiger partial charge >= 0.3 is 0 Å². The Morgan fingerprint density at radius 2 is 2.05 bits per heavy atom. The molecule has 5 nitrogen and oxygen atoms in total. The third-order valence-electron chi connectivity index (χ3n) is 3.15. The van der Waals surface area contributed by atoms with Crippen molar-refractivity contribution in [2.45, 2.75) is 31.2 Å². The molecular weight excluding hydrogens is 284 g/mol. The molecule has 0 spiro atoms. The fourth-order valence-corrected chi connectivity index (χ4v) is 2.43. The van der Waals surface area contributed by atoms with Gasteiger partial charge in [0.15, 0.2) is 0 Å². The second-order valence-electron chi connectivity index (χ2n) is 5.02. The van der Waals surface area contributed by atoms with E-state index in [0.29, 0.717) is 24.6 Å².